The summed E-state index contributed by atoms with van der Waals surface area (Å²) in [5.41, 5.74) is 5.17. The van der Waals surface area contributed by atoms with Gasteiger partial charge < -0.3 is 9.84 Å². The lowest BCUT2D eigenvalue weighted by atomic mass is 9.89. The van der Waals surface area contributed by atoms with E-state index in [2.05, 4.69) is 46.8 Å². The summed E-state index contributed by atoms with van der Waals surface area (Å²) in [6.45, 7) is 11.2. The Labute approximate surface area is 242 Å². The molecular formula is C37H60O2. The molecule has 2 heteroatoms. The number of rotatable bonds is 22. The molecule has 0 heterocycles. The van der Waals surface area contributed by atoms with Crippen molar-refractivity contribution in [2.75, 3.05) is 0 Å². The summed E-state index contributed by atoms with van der Waals surface area (Å²) in [5.74, 6) is 1.43. The molecule has 39 heavy (non-hydrogen) atoms. The lowest BCUT2D eigenvalue weighted by molar-refractivity contribution is 0.107. The average molecular weight is 537 g/mol. The van der Waals surface area contributed by atoms with Gasteiger partial charge in [-0.05, 0) is 86.8 Å². The standard InChI is InChI=1S/C37H60O2/c1-6-9-12-15-18-23-31-28-29-36(39-37(4,5)30-32-24-21-22-27-35(32)38)34(26-20-17-14-11-8-3)33(31)25-19-16-13-10-7-2/h21-22,24,27-29,38H,6-20,23,25-26,30H2,1-5H3. The predicted octanol–water partition coefficient (Wildman–Crippen LogP) is 11.3. The Kier molecular flexibility index (Phi) is 16.3. The van der Waals surface area contributed by atoms with Gasteiger partial charge >= 0.3 is 0 Å². The van der Waals surface area contributed by atoms with Crippen LogP contribution in [-0.4, -0.2) is 10.7 Å². The van der Waals surface area contributed by atoms with E-state index in [1.165, 1.54) is 115 Å². The van der Waals surface area contributed by atoms with Gasteiger partial charge in [-0.25, -0.2) is 0 Å². The number of para-hydroxylation sites is 1. The third-order valence-electron chi connectivity index (χ3n) is 8.09. The van der Waals surface area contributed by atoms with Crippen LogP contribution in [0.3, 0.4) is 0 Å². The third kappa shape index (κ3) is 12.8. The van der Waals surface area contributed by atoms with Gasteiger partial charge in [-0.15, -0.1) is 0 Å². The van der Waals surface area contributed by atoms with Crippen molar-refractivity contribution in [3.63, 3.8) is 0 Å². The van der Waals surface area contributed by atoms with Crippen molar-refractivity contribution in [2.24, 2.45) is 0 Å². The molecule has 220 valence electrons. The molecule has 0 saturated carbocycles. The van der Waals surface area contributed by atoms with E-state index >= 15 is 0 Å². The molecule has 0 aliphatic carbocycles. The fraction of sp³-hybridized carbons (Fsp3) is 0.676. The van der Waals surface area contributed by atoms with Gasteiger partial charge in [0.1, 0.15) is 17.1 Å². The molecule has 2 rings (SSSR count). The molecule has 0 aromatic heterocycles. The van der Waals surface area contributed by atoms with Crippen molar-refractivity contribution in [1.29, 1.82) is 0 Å². The average Bonchev–Trinajstić information content (AvgIpc) is 2.91. The van der Waals surface area contributed by atoms with Crippen LogP contribution in [0.15, 0.2) is 36.4 Å². The maximum absolute atomic E-state index is 10.4. The molecule has 0 saturated heterocycles. The topological polar surface area (TPSA) is 29.5 Å². The summed E-state index contributed by atoms with van der Waals surface area (Å²) in [7, 11) is 0. The van der Waals surface area contributed by atoms with Crippen LogP contribution in [0.4, 0.5) is 0 Å². The van der Waals surface area contributed by atoms with Crippen molar-refractivity contribution in [3.05, 3.63) is 58.7 Å². The second-order valence-electron chi connectivity index (χ2n) is 12.3. The number of benzene rings is 2. The second-order valence-corrected chi connectivity index (χ2v) is 12.3. The van der Waals surface area contributed by atoms with Crippen molar-refractivity contribution < 1.29 is 9.84 Å². The van der Waals surface area contributed by atoms with Gasteiger partial charge in [0, 0.05) is 6.42 Å². The fourth-order valence-electron chi connectivity index (χ4n) is 5.82. The number of hydrogen-bond acceptors (Lipinski definition) is 2. The van der Waals surface area contributed by atoms with Crippen molar-refractivity contribution >= 4 is 0 Å². The van der Waals surface area contributed by atoms with E-state index in [0.29, 0.717) is 12.2 Å². The minimum absolute atomic E-state index is 0.358. The number of phenols is 1. The molecule has 0 aliphatic rings. The molecule has 0 spiro atoms. The first-order valence-electron chi connectivity index (χ1n) is 16.5. The summed E-state index contributed by atoms with van der Waals surface area (Å²) >= 11 is 0. The summed E-state index contributed by atoms with van der Waals surface area (Å²) in [6, 6.07) is 12.3. The zero-order valence-electron chi connectivity index (χ0n) is 26.3. The fourth-order valence-corrected chi connectivity index (χ4v) is 5.82. The minimum Gasteiger partial charge on any atom is -0.508 e. The first-order chi connectivity index (χ1) is 18.9. The Hall–Kier alpha value is -1.96. The number of aromatic hydroxyl groups is 1. The van der Waals surface area contributed by atoms with Gasteiger partial charge in [-0.1, -0.05) is 122 Å². The predicted molar refractivity (Wildman–Crippen MR) is 170 cm³/mol. The first kappa shape index (κ1) is 33.2. The molecule has 2 aromatic rings. The summed E-state index contributed by atoms with van der Waals surface area (Å²) in [4.78, 5) is 0. The maximum atomic E-state index is 10.4. The smallest absolute Gasteiger partial charge is 0.123 e. The van der Waals surface area contributed by atoms with E-state index in [1.54, 1.807) is 17.2 Å². The summed E-state index contributed by atoms with van der Waals surface area (Å²) < 4.78 is 6.86. The molecule has 0 atom stereocenters. The van der Waals surface area contributed by atoms with Crippen molar-refractivity contribution in [1.82, 2.24) is 0 Å². The molecule has 1 N–H and O–H groups in total. The Bertz CT molecular complexity index is 914. The monoisotopic (exact) mass is 536 g/mol. The molecule has 0 amide bonds. The van der Waals surface area contributed by atoms with E-state index in [1.807, 2.05) is 18.2 Å². The van der Waals surface area contributed by atoms with Gasteiger partial charge in [0.2, 0.25) is 0 Å². The molecule has 2 nitrogen and oxygen atoms in total. The number of unbranched alkanes of at least 4 members (excludes halogenated alkanes) is 12. The van der Waals surface area contributed by atoms with Crippen LogP contribution in [-0.2, 0) is 25.7 Å². The highest BCUT2D eigenvalue weighted by molar-refractivity contribution is 5.46. The van der Waals surface area contributed by atoms with Crippen LogP contribution < -0.4 is 4.74 Å². The molecule has 0 aliphatic heterocycles. The number of phenolic OH excluding ortho intramolecular Hbond substituents is 1. The largest absolute Gasteiger partial charge is 0.508 e. The lowest BCUT2D eigenvalue weighted by Gasteiger charge is -2.30. The Morgan fingerprint density at radius 2 is 1.08 bits per heavy atom. The first-order valence-corrected chi connectivity index (χ1v) is 16.5. The van der Waals surface area contributed by atoms with Gasteiger partial charge in [-0.2, -0.15) is 0 Å². The van der Waals surface area contributed by atoms with Gasteiger partial charge in [-0.3, -0.25) is 0 Å². The normalized spacial score (nSPS) is 11.7. The maximum Gasteiger partial charge on any atom is 0.123 e. The molecular weight excluding hydrogens is 476 g/mol. The van der Waals surface area contributed by atoms with Gasteiger partial charge in [0.25, 0.3) is 0 Å². The highest BCUT2D eigenvalue weighted by atomic mass is 16.5. The van der Waals surface area contributed by atoms with Crippen LogP contribution in [0.2, 0.25) is 0 Å². The van der Waals surface area contributed by atoms with E-state index < -0.39 is 5.60 Å². The quantitative estimate of drug-likeness (QED) is 0.152. The van der Waals surface area contributed by atoms with E-state index in [9.17, 15) is 5.11 Å². The van der Waals surface area contributed by atoms with Crippen LogP contribution >= 0.6 is 0 Å². The number of hydrogen-bond donors (Lipinski definition) is 1. The van der Waals surface area contributed by atoms with Crippen LogP contribution in [0.1, 0.15) is 153 Å². The zero-order chi connectivity index (χ0) is 28.3. The summed E-state index contributed by atoms with van der Waals surface area (Å²) in [5, 5.41) is 10.4. The lowest BCUT2D eigenvalue weighted by Crippen LogP contribution is -2.31. The molecule has 2 aromatic carbocycles. The van der Waals surface area contributed by atoms with Crippen LogP contribution in [0.25, 0.3) is 0 Å². The zero-order valence-corrected chi connectivity index (χ0v) is 26.3. The highest BCUT2D eigenvalue weighted by Crippen LogP contribution is 2.34. The van der Waals surface area contributed by atoms with E-state index in [4.69, 9.17) is 4.74 Å². The number of aryl methyl sites for hydroxylation is 1. The molecule has 0 fully saturated rings. The van der Waals surface area contributed by atoms with Gasteiger partial charge in [0.05, 0.1) is 0 Å². The van der Waals surface area contributed by atoms with Crippen molar-refractivity contribution in [3.8, 4) is 11.5 Å². The van der Waals surface area contributed by atoms with E-state index in [-0.39, 0.29) is 0 Å². The van der Waals surface area contributed by atoms with E-state index in [0.717, 1.165) is 17.7 Å². The highest BCUT2D eigenvalue weighted by Gasteiger charge is 2.25. The second kappa shape index (κ2) is 19.2. The molecule has 0 unspecified atom stereocenters. The minimum atomic E-state index is -0.407. The number of ether oxygens (including phenoxy) is 1. The Morgan fingerprint density at radius 1 is 0.564 bits per heavy atom. The van der Waals surface area contributed by atoms with Crippen LogP contribution in [0.5, 0.6) is 11.5 Å². The Balaban J connectivity index is 2.31. The Morgan fingerprint density at radius 3 is 1.64 bits per heavy atom. The summed E-state index contributed by atoms with van der Waals surface area (Å²) in [6.07, 6.45) is 23.9. The van der Waals surface area contributed by atoms with Crippen molar-refractivity contribution in [2.45, 2.75) is 162 Å². The molecule has 0 bridgehead atoms. The molecule has 0 radical (unpaired) electrons. The van der Waals surface area contributed by atoms with Gasteiger partial charge in [0.15, 0.2) is 0 Å². The van der Waals surface area contributed by atoms with Crippen LogP contribution in [0, 0.1) is 0 Å². The SMILES string of the molecule is CCCCCCCc1ccc(OC(C)(C)Cc2ccccc2O)c(CCCCCCC)c1CCCCCCC. The third-order valence-corrected chi connectivity index (χ3v) is 8.09.